The molecule has 0 aliphatic heterocycles. The second-order valence-electron chi connectivity index (χ2n) is 5.43. The van der Waals surface area contributed by atoms with Gasteiger partial charge in [0, 0.05) is 5.02 Å². The van der Waals surface area contributed by atoms with Crippen LogP contribution in [0.15, 0.2) is 24.3 Å². The standard InChI is InChI=1S/C10H13Cl.C6H12.C2H6/c1-8(2)6-9-4-3-5-10(11)7-9;1-2-6-4-3-5-6;1-2/h3-5,7-8H,6H2,1-2H3;6H,2-5H2,1H3;1-2H3. The number of hydrogen-bond acceptors (Lipinski definition) is 0. The average Bonchev–Trinajstić information content (AvgIpc) is 2.30. The van der Waals surface area contributed by atoms with Crippen molar-refractivity contribution < 1.29 is 0 Å². The summed E-state index contributed by atoms with van der Waals surface area (Å²) in [4.78, 5) is 0. The van der Waals surface area contributed by atoms with Gasteiger partial charge in [-0.05, 0) is 36.0 Å². The van der Waals surface area contributed by atoms with E-state index in [1.54, 1.807) is 0 Å². The molecule has 0 spiro atoms. The van der Waals surface area contributed by atoms with Gasteiger partial charge >= 0.3 is 0 Å². The molecule has 0 saturated heterocycles. The quantitative estimate of drug-likeness (QED) is 0.574. The molecule has 1 aromatic rings. The zero-order chi connectivity index (χ0) is 14.7. The molecular weight excluding hydrogens is 252 g/mol. The highest BCUT2D eigenvalue weighted by Gasteiger charge is 2.13. The fraction of sp³-hybridized carbons (Fsp3) is 0.667. The van der Waals surface area contributed by atoms with E-state index in [0.29, 0.717) is 5.92 Å². The largest absolute Gasteiger partial charge is 0.0843 e. The van der Waals surface area contributed by atoms with Gasteiger partial charge in [-0.15, -0.1) is 0 Å². The lowest BCUT2D eigenvalue weighted by Crippen LogP contribution is -2.08. The summed E-state index contributed by atoms with van der Waals surface area (Å²) in [5.74, 6) is 1.82. The van der Waals surface area contributed by atoms with Crippen molar-refractivity contribution in [1.82, 2.24) is 0 Å². The molecule has 0 amide bonds. The van der Waals surface area contributed by atoms with E-state index < -0.39 is 0 Å². The van der Waals surface area contributed by atoms with Crippen molar-refractivity contribution in [2.24, 2.45) is 11.8 Å². The van der Waals surface area contributed by atoms with Gasteiger partial charge in [-0.25, -0.2) is 0 Å². The van der Waals surface area contributed by atoms with E-state index in [9.17, 15) is 0 Å². The van der Waals surface area contributed by atoms with E-state index in [0.717, 1.165) is 17.4 Å². The van der Waals surface area contributed by atoms with Gasteiger partial charge in [0.05, 0.1) is 0 Å². The Balaban J connectivity index is 0.000000341. The molecule has 19 heavy (non-hydrogen) atoms. The Bertz CT molecular complexity index is 310. The summed E-state index contributed by atoms with van der Waals surface area (Å²) >= 11 is 5.83. The molecule has 0 unspecified atom stereocenters. The number of rotatable bonds is 3. The second-order valence-corrected chi connectivity index (χ2v) is 5.87. The van der Waals surface area contributed by atoms with E-state index in [2.05, 4.69) is 26.8 Å². The maximum atomic E-state index is 5.83. The predicted octanol–water partition coefficient (Wildman–Crippen LogP) is 6.76. The molecule has 1 aliphatic rings. The Morgan fingerprint density at radius 3 is 2.16 bits per heavy atom. The summed E-state index contributed by atoms with van der Waals surface area (Å²) in [6.45, 7) is 10.7. The first-order chi connectivity index (χ1) is 9.11. The molecular formula is C18H31Cl. The SMILES string of the molecule is CC.CC(C)Cc1cccc(Cl)c1.CCC1CCC1. The van der Waals surface area contributed by atoms with Crippen molar-refractivity contribution in [2.75, 3.05) is 0 Å². The maximum absolute atomic E-state index is 5.83. The van der Waals surface area contributed by atoms with Crippen LogP contribution in [0.25, 0.3) is 0 Å². The monoisotopic (exact) mass is 282 g/mol. The minimum absolute atomic E-state index is 0.702. The molecule has 1 fully saturated rings. The summed E-state index contributed by atoms with van der Waals surface area (Å²) < 4.78 is 0. The fourth-order valence-corrected chi connectivity index (χ4v) is 2.25. The van der Waals surface area contributed by atoms with Crippen LogP contribution in [0.4, 0.5) is 0 Å². The molecule has 2 rings (SSSR count). The fourth-order valence-electron chi connectivity index (χ4n) is 2.04. The normalized spacial score (nSPS) is 13.8. The van der Waals surface area contributed by atoms with Crippen LogP contribution in [0.2, 0.25) is 5.02 Å². The molecule has 1 heteroatoms. The topological polar surface area (TPSA) is 0 Å². The third kappa shape index (κ3) is 9.10. The Labute approximate surface area is 125 Å². The van der Waals surface area contributed by atoms with E-state index in [1.807, 2.05) is 32.0 Å². The Kier molecular flexibility index (Phi) is 11.1. The third-order valence-corrected chi connectivity index (χ3v) is 3.57. The number of hydrogen-bond donors (Lipinski definition) is 0. The summed E-state index contributed by atoms with van der Waals surface area (Å²) in [5.41, 5.74) is 1.33. The highest BCUT2D eigenvalue weighted by atomic mass is 35.5. The van der Waals surface area contributed by atoms with Gasteiger partial charge < -0.3 is 0 Å². The lowest BCUT2D eigenvalue weighted by molar-refractivity contribution is 0.307. The molecule has 0 nitrogen and oxygen atoms in total. The van der Waals surface area contributed by atoms with Crippen LogP contribution in [-0.2, 0) is 6.42 Å². The zero-order valence-corrected chi connectivity index (χ0v) is 14.1. The van der Waals surface area contributed by atoms with Crippen LogP contribution in [0, 0.1) is 11.8 Å². The van der Waals surface area contributed by atoms with Gasteiger partial charge in [0.1, 0.15) is 0 Å². The van der Waals surface area contributed by atoms with Gasteiger partial charge in [0.25, 0.3) is 0 Å². The lowest BCUT2D eigenvalue weighted by Gasteiger charge is -2.22. The third-order valence-electron chi connectivity index (χ3n) is 3.34. The molecule has 0 atom stereocenters. The van der Waals surface area contributed by atoms with Gasteiger partial charge in [-0.2, -0.15) is 0 Å². The van der Waals surface area contributed by atoms with Crippen LogP contribution < -0.4 is 0 Å². The van der Waals surface area contributed by atoms with Crippen molar-refractivity contribution >= 4 is 11.6 Å². The molecule has 0 N–H and O–H groups in total. The number of halogens is 1. The molecule has 1 saturated carbocycles. The molecule has 0 heterocycles. The van der Waals surface area contributed by atoms with Crippen molar-refractivity contribution in [3.05, 3.63) is 34.9 Å². The van der Waals surface area contributed by atoms with E-state index in [1.165, 1.54) is 31.2 Å². The van der Waals surface area contributed by atoms with E-state index in [-0.39, 0.29) is 0 Å². The molecule has 0 bridgehead atoms. The van der Waals surface area contributed by atoms with Gasteiger partial charge in [-0.3, -0.25) is 0 Å². The van der Waals surface area contributed by atoms with Crippen molar-refractivity contribution in [2.45, 2.75) is 66.7 Å². The minimum Gasteiger partial charge on any atom is -0.0843 e. The molecule has 0 aromatic heterocycles. The van der Waals surface area contributed by atoms with Crippen molar-refractivity contribution in [3.63, 3.8) is 0 Å². The highest BCUT2D eigenvalue weighted by molar-refractivity contribution is 6.30. The summed E-state index contributed by atoms with van der Waals surface area (Å²) in [7, 11) is 0. The van der Waals surface area contributed by atoms with Crippen LogP contribution in [0.5, 0.6) is 0 Å². The smallest absolute Gasteiger partial charge is 0.0408 e. The zero-order valence-electron chi connectivity index (χ0n) is 13.4. The predicted molar refractivity (Wildman–Crippen MR) is 89.0 cm³/mol. The van der Waals surface area contributed by atoms with Crippen LogP contribution in [-0.4, -0.2) is 0 Å². The van der Waals surface area contributed by atoms with Crippen LogP contribution >= 0.6 is 11.6 Å². The van der Waals surface area contributed by atoms with Gasteiger partial charge in [0.15, 0.2) is 0 Å². The Morgan fingerprint density at radius 2 is 1.84 bits per heavy atom. The molecule has 0 radical (unpaired) electrons. The lowest BCUT2D eigenvalue weighted by atomic mass is 9.84. The second kappa shape index (κ2) is 11.3. The molecule has 1 aromatic carbocycles. The van der Waals surface area contributed by atoms with Crippen LogP contribution in [0.1, 0.15) is 65.9 Å². The Morgan fingerprint density at radius 1 is 1.21 bits per heavy atom. The van der Waals surface area contributed by atoms with Crippen molar-refractivity contribution in [1.29, 1.82) is 0 Å². The summed E-state index contributed by atoms with van der Waals surface area (Å²) in [6.07, 6.45) is 7.05. The first-order valence-corrected chi connectivity index (χ1v) is 8.24. The van der Waals surface area contributed by atoms with E-state index >= 15 is 0 Å². The van der Waals surface area contributed by atoms with E-state index in [4.69, 9.17) is 11.6 Å². The first kappa shape index (κ1) is 18.5. The maximum Gasteiger partial charge on any atom is 0.0408 e. The van der Waals surface area contributed by atoms with Crippen molar-refractivity contribution in [3.8, 4) is 0 Å². The minimum atomic E-state index is 0.702. The highest BCUT2D eigenvalue weighted by Crippen LogP contribution is 2.28. The first-order valence-electron chi connectivity index (χ1n) is 7.86. The van der Waals surface area contributed by atoms with Gasteiger partial charge in [0.2, 0.25) is 0 Å². The summed E-state index contributed by atoms with van der Waals surface area (Å²) in [6, 6.07) is 8.05. The Hall–Kier alpha value is -0.490. The van der Waals surface area contributed by atoms with Gasteiger partial charge in [-0.1, -0.05) is 84.0 Å². The summed E-state index contributed by atoms with van der Waals surface area (Å²) in [5, 5.41) is 0.836. The molecule has 110 valence electrons. The average molecular weight is 283 g/mol. The molecule has 1 aliphatic carbocycles. The number of benzene rings is 1. The van der Waals surface area contributed by atoms with Crippen LogP contribution in [0.3, 0.4) is 0 Å².